The fourth-order valence-electron chi connectivity index (χ4n) is 3.49. The van der Waals surface area contributed by atoms with Crippen molar-refractivity contribution in [3.05, 3.63) is 53.4 Å². The Kier molecular flexibility index (Phi) is 6.31. The lowest BCUT2D eigenvalue weighted by molar-refractivity contribution is 0.370. The lowest BCUT2D eigenvalue weighted by Crippen LogP contribution is -2.48. The first-order valence-corrected chi connectivity index (χ1v) is 12.0. The Morgan fingerprint density at radius 2 is 1.66 bits per heavy atom. The summed E-state index contributed by atoms with van der Waals surface area (Å²) in [4.78, 5) is 6.50. The molecule has 0 N–H and O–H groups in total. The molecule has 1 fully saturated rings. The number of nitrogens with zero attached hydrogens (tertiary/aromatic N) is 3. The summed E-state index contributed by atoms with van der Waals surface area (Å²) in [7, 11) is -0.899. The van der Waals surface area contributed by atoms with Gasteiger partial charge in [0.05, 0.1) is 19.9 Å². The maximum Gasteiger partial charge on any atom is 0.247 e. The molecule has 1 aliphatic heterocycles. The molecule has 2 heterocycles. The Hall–Kier alpha value is -2.76. The van der Waals surface area contributed by atoms with E-state index in [0.29, 0.717) is 35.2 Å². The normalized spacial score (nSPS) is 15.1. The fourth-order valence-corrected chi connectivity index (χ4v) is 5.97. The van der Waals surface area contributed by atoms with Crippen molar-refractivity contribution in [3.8, 4) is 22.8 Å². The first kappa shape index (κ1) is 22.4. The van der Waals surface area contributed by atoms with Crippen LogP contribution >= 0.6 is 11.3 Å². The average molecular weight is 482 g/mol. The molecule has 11 heteroatoms. The van der Waals surface area contributed by atoms with Gasteiger partial charge in [-0.25, -0.2) is 22.2 Å². The van der Waals surface area contributed by atoms with E-state index >= 15 is 0 Å². The number of anilines is 1. The third-order valence-corrected chi connectivity index (χ3v) is 7.97. The highest BCUT2D eigenvalue weighted by Gasteiger charge is 2.32. The van der Waals surface area contributed by atoms with Crippen molar-refractivity contribution in [2.75, 3.05) is 45.3 Å². The molecule has 0 saturated carbocycles. The van der Waals surface area contributed by atoms with E-state index in [1.165, 1.54) is 48.1 Å². The van der Waals surface area contributed by atoms with Gasteiger partial charge in [0.1, 0.15) is 28.0 Å². The summed E-state index contributed by atoms with van der Waals surface area (Å²) in [5, 5.41) is 2.40. The number of aromatic nitrogens is 1. The average Bonchev–Trinajstić information content (AvgIpc) is 3.28. The first-order chi connectivity index (χ1) is 15.3. The molecule has 4 rings (SSSR count). The predicted octanol–water partition coefficient (Wildman–Crippen LogP) is 3.62. The van der Waals surface area contributed by atoms with E-state index in [-0.39, 0.29) is 23.7 Å². The van der Waals surface area contributed by atoms with Crippen LogP contribution in [0.4, 0.5) is 13.9 Å². The lowest BCUT2D eigenvalue weighted by Gasteiger charge is -2.34. The van der Waals surface area contributed by atoms with Gasteiger partial charge < -0.3 is 14.4 Å². The standard InChI is InChI=1S/C21H21F2N3O4S2/c1-29-17-3-4-19(30-2)20(12-17)32(27,28)26-7-5-25(6-8-26)21-24-18(13-31-21)14-9-15(22)11-16(23)10-14/h3-4,9-13H,5-8H2,1-2H3. The second-order valence-corrected chi connectivity index (χ2v) is 9.82. The molecule has 170 valence electrons. The molecule has 0 spiro atoms. The number of rotatable bonds is 6. The number of ether oxygens (including phenoxy) is 2. The van der Waals surface area contributed by atoms with Crippen LogP contribution in [0.5, 0.6) is 11.5 Å². The van der Waals surface area contributed by atoms with Crippen LogP contribution < -0.4 is 14.4 Å². The van der Waals surface area contributed by atoms with Gasteiger partial charge in [0, 0.05) is 49.3 Å². The largest absolute Gasteiger partial charge is 0.497 e. The number of hydrogen-bond acceptors (Lipinski definition) is 7. The molecule has 0 aliphatic carbocycles. The molecule has 0 atom stereocenters. The molecule has 1 saturated heterocycles. The Balaban J connectivity index is 1.50. The lowest BCUT2D eigenvalue weighted by atomic mass is 10.1. The number of halogens is 2. The van der Waals surface area contributed by atoms with Crippen LogP contribution in [0, 0.1) is 11.6 Å². The third kappa shape index (κ3) is 4.41. The van der Waals surface area contributed by atoms with E-state index in [1.54, 1.807) is 17.5 Å². The molecule has 3 aromatic rings. The van der Waals surface area contributed by atoms with Gasteiger partial charge in [-0.2, -0.15) is 4.31 Å². The van der Waals surface area contributed by atoms with Crippen molar-refractivity contribution in [1.29, 1.82) is 0 Å². The van der Waals surface area contributed by atoms with Crippen molar-refractivity contribution in [1.82, 2.24) is 9.29 Å². The Morgan fingerprint density at radius 3 is 2.28 bits per heavy atom. The Bertz CT molecular complexity index is 1210. The second-order valence-electron chi connectivity index (χ2n) is 7.08. The summed E-state index contributed by atoms with van der Waals surface area (Å²) in [6.07, 6.45) is 0. The highest BCUT2D eigenvalue weighted by Crippen LogP contribution is 2.33. The quantitative estimate of drug-likeness (QED) is 0.536. The number of benzene rings is 2. The van der Waals surface area contributed by atoms with E-state index in [2.05, 4.69) is 4.98 Å². The number of hydrogen-bond donors (Lipinski definition) is 0. The molecular formula is C21H21F2N3O4S2. The topological polar surface area (TPSA) is 72.0 Å². The Labute approximate surface area is 188 Å². The minimum atomic E-state index is -3.79. The highest BCUT2D eigenvalue weighted by molar-refractivity contribution is 7.89. The molecule has 1 aliphatic rings. The van der Waals surface area contributed by atoms with Gasteiger partial charge in [0.25, 0.3) is 0 Å². The van der Waals surface area contributed by atoms with Crippen LogP contribution in [0.3, 0.4) is 0 Å². The van der Waals surface area contributed by atoms with Crippen LogP contribution in [0.1, 0.15) is 0 Å². The summed E-state index contributed by atoms with van der Waals surface area (Å²) in [6.45, 7) is 1.37. The van der Waals surface area contributed by atoms with Crippen molar-refractivity contribution in [2.24, 2.45) is 0 Å². The second kappa shape index (κ2) is 9.00. The van der Waals surface area contributed by atoms with Crippen molar-refractivity contribution in [3.63, 3.8) is 0 Å². The number of piperazine rings is 1. The van der Waals surface area contributed by atoms with E-state index < -0.39 is 21.7 Å². The van der Waals surface area contributed by atoms with Gasteiger partial charge in [-0.1, -0.05) is 0 Å². The van der Waals surface area contributed by atoms with Gasteiger partial charge >= 0.3 is 0 Å². The van der Waals surface area contributed by atoms with E-state index in [1.807, 2.05) is 4.90 Å². The monoisotopic (exact) mass is 481 g/mol. The van der Waals surface area contributed by atoms with Crippen molar-refractivity contribution < 1.29 is 26.7 Å². The van der Waals surface area contributed by atoms with Gasteiger partial charge in [-0.3, -0.25) is 0 Å². The smallest absolute Gasteiger partial charge is 0.247 e. The SMILES string of the molecule is COc1ccc(OC)c(S(=O)(=O)N2CCN(c3nc(-c4cc(F)cc(F)c4)cs3)CC2)c1. The summed E-state index contributed by atoms with van der Waals surface area (Å²) >= 11 is 1.34. The van der Waals surface area contributed by atoms with E-state index in [9.17, 15) is 17.2 Å². The maximum atomic E-state index is 13.5. The van der Waals surface area contributed by atoms with Crippen molar-refractivity contribution >= 4 is 26.5 Å². The number of sulfonamides is 1. The fraction of sp³-hybridized carbons (Fsp3) is 0.286. The number of methoxy groups -OCH3 is 2. The summed E-state index contributed by atoms with van der Waals surface area (Å²) in [5.41, 5.74) is 0.830. The zero-order valence-electron chi connectivity index (χ0n) is 17.4. The first-order valence-electron chi connectivity index (χ1n) is 9.71. The van der Waals surface area contributed by atoms with Crippen LogP contribution in [0.15, 0.2) is 46.7 Å². The van der Waals surface area contributed by atoms with Gasteiger partial charge in [0.2, 0.25) is 10.0 Å². The van der Waals surface area contributed by atoms with E-state index in [4.69, 9.17) is 9.47 Å². The molecular weight excluding hydrogens is 460 g/mol. The van der Waals surface area contributed by atoms with Crippen LogP contribution in [-0.2, 0) is 10.0 Å². The molecule has 1 aromatic heterocycles. The van der Waals surface area contributed by atoms with E-state index in [0.717, 1.165) is 6.07 Å². The molecule has 0 radical (unpaired) electrons. The summed E-state index contributed by atoms with van der Waals surface area (Å²) < 4.78 is 65.3. The summed E-state index contributed by atoms with van der Waals surface area (Å²) in [5.74, 6) is -0.657. The maximum absolute atomic E-state index is 13.5. The van der Waals surface area contributed by atoms with Gasteiger partial charge in [-0.15, -0.1) is 11.3 Å². The molecule has 0 bridgehead atoms. The molecule has 2 aromatic carbocycles. The highest BCUT2D eigenvalue weighted by atomic mass is 32.2. The zero-order chi connectivity index (χ0) is 22.9. The number of thiazole rings is 1. The van der Waals surface area contributed by atoms with Crippen LogP contribution in [0.2, 0.25) is 0 Å². The zero-order valence-corrected chi connectivity index (χ0v) is 19.0. The minimum Gasteiger partial charge on any atom is -0.497 e. The Morgan fingerprint density at radius 1 is 0.969 bits per heavy atom. The molecule has 7 nitrogen and oxygen atoms in total. The van der Waals surface area contributed by atoms with Crippen LogP contribution in [-0.4, -0.2) is 58.1 Å². The van der Waals surface area contributed by atoms with Crippen molar-refractivity contribution in [2.45, 2.75) is 4.90 Å². The molecule has 0 amide bonds. The predicted molar refractivity (Wildman–Crippen MR) is 118 cm³/mol. The van der Waals surface area contributed by atoms with Gasteiger partial charge in [0.15, 0.2) is 5.13 Å². The molecule has 32 heavy (non-hydrogen) atoms. The van der Waals surface area contributed by atoms with Gasteiger partial charge in [-0.05, 0) is 24.3 Å². The third-order valence-electron chi connectivity index (χ3n) is 5.15. The minimum absolute atomic E-state index is 0.0532. The summed E-state index contributed by atoms with van der Waals surface area (Å²) in [6, 6.07) is 7.93. The van der Waals surface area contributed by atoms with Crippen LogP contribution in [0.25, 0.3) is 11.3 Å². The molecule has 0 unspecified atom stereocenters.